The molecular weight excluding hydrogens is 292 g/mol. The maximum Gasteiger partial charge on any atom is 0.319 e. The maximum atomic E-state index is 12.1. The first-order chi connectivity index (χ1) is 11.1. The molecular formula is C17H22N4O2. The van der Waals surface area contributed by atoms with Crippen molar-refractivity contribution in [2.24, 2.45) is 0 Å². The number of pyridine rings is 1. The van der Waals surface area contributed by atoms with Crippen molar-refractivity contribution in [3.8, 4) is 0 Å². The topological polar surface area (TPSA) is 77.5 Å². The highest BCUT2D eigenvalue weighted by molar-refractivity contribution is 6.00. The van der Waals surface area contributed by atoms with Gasteiger partial charge in [0, 0.05) is 31.2 Å². The number of aliphatic hydroxyl groups is 1. The van der Waals surface area contributed by atoms with E-state index < -0.39 is 5.60 Å². The van der Waals surface area contributed by atoms with Gasteiger partial charge in [-0.05, 0) is 44.2 Å². The quantitative estimate of drug-likeness (QED) is 0.807. The molecule has 0 aliphatic carbocycles. The number of hydrogen-bond acceptors (Lipinski definition) is 4. The summed E-state index contributed by atoms with van der Waals surface area (Å²) in [4.78, 5) is 18.6. The van der Waals surface area contributed by atoms with Crippen molar-refractivity contribution in [2.75, 3.05) is 32.0 Å². The Morgan fingerprint density at radius 1 is 1.30 bits per heavy atom. The van der Waals surface area contributed by atoms with E-state index in [-0.39, 0.29) is 12.6 Å². The van der Waals surface area contributed by atoms with Gasteiger partial charge < -0.3 is 20.6 Å². The monoisotopic (exact) mass is 314 g/mol. The highest BCUT2D eigenvalue weighted by atomic mass is 16.3. The van der Waals surface area contributed by atoms with E-state index in [1.54, 1.807) is 6.20 Å². The van der Waals surface area contributed by atoms with Crippen molar-refractivity contribution >= 4 is 22.6 Å². The molecule has 6 heteroatoms. The summed E-state index contributed by atoms with van der Waals surface area (Å²) >= 11 is 0. The molecule has 0 atom stereocenters. The standard InChI is InChI=1S/C17H22N4O2/c1-21-10-7-17(23,8-11-21)12-19-16(22)20-15-6-2-5-14-13(15)4-3-9-18-14/h2-6,9,23H,7-8,10-12H2,1H3,(H2,19,20,22). The molecule has 0 unspecified atom stereocenters. The zero-order valence-corrected chi connectivity index (χ0v) is 13.2. The number of hydrogen-bond donors (Lipinski definition) is 3. The van der Waals surface area contributed by atoms with E-state index in [9.17, 15) is 9.90 Å². The Morgan fingerprint density at radius 3 is 2.87 bits per heavy atom. The predicted molar refractivity (Wildman–Crippen MR) is 90.4 cm³/mol. The second-order valence-electron chi connectivity index (χ2n) is 6.21. The fourth-order valence-corrected chi connectivity index (χ4v) is 2.84. The highest BCUT2D eigenvalue weighted by Gasteiger charge is 2.31. The van der Waals surface area contributed by atoms with Gasteiger partial charge in [0.1, 0.15) is 0 Å². The van der Waals surface area contributed by atoms with Gasteiger partial charge in [0.25, 0.3) is 0 Å². The van der Waals surface area contributed by atoms with E-state index in [2.05, 4.69) is 20.5 Å². The molecule has 0 saturated carbocycles. The number of likely N-dealkylation sites (tertiary alicyclic amines) is 1. The highest BCUT2D eigenvalue weighted by Crippen LogP contribution is 2.22. The zero-order chi connectivity index (χ0) is 16.3. The molecule has 23 heavy (non-hydrogen) atoms. The third kappa shape index (κ3) is 3.78. The van der Waals surface area contributed by atoms with Crippen LogP contribution in [0.25, 0.3) is 10.9 Å². The largest absolute Gasteiger partial charge is 0.388 e. The summed E-state index contributed by atoms with van der Waals surface area (Å²) in [5, 5.41) is 17.0. The molecule has 1 aromatic carbocycles. The van der Waals surface area contributed by atoms with Gasteiger partial charge in [0.05, 0.1) is 16.8 Å². The van der Waals surface area contributed by atoms with E-state index >= 15 is 0 Å². The second-order valence-corrected chi connectivity index (χ2v) is 6.21. The van der Waals surface area contributed by atoms with Crippen LogP contribution >= 0.6 is 0 Å². The minimum Gasteiger partial charge on any atom is -0.388 e. The summed E-state index contributed by atoms with van der Waals surface area (Å²) in [6.07, 6.45) is 3.06. The number of rotatable bonds is 3. The molecule has 122 valence electrons. The van der Waals surface area contributed by atoms with Crippen LogP contribution in [0.1, 0.15) is 12.8 Å². The van der Waals surface area contributed by atoms with Gasteiger partial charge in [-0.15, -0.1) is 0 Å². The van der Waals surface area contributed by atoms with E-state index in [1.807, 2.05) is 37.4 Å². The van der Waals surface area contributed by atoms with Gasteiger partial charge in [-0.1, -0.05) is 6.07 Å². The first-order valence-corrected chi connectivity index (χ1v) is 7.85. The molecule has 1 aliphatic rings. The maximum absolute atomic E-state index is 12.1. The van der Waals surface area contributed by atoms with Crippen molar-refractivity contribution in [2.45, 2.75) is 18.4 Å². The van der Waals surface area contributed by atoms with Crippen molar-refractivity contribution in [1.82, 2.24) is 15.2 Å². The molecule has 1 fully saturated rings. The Balaban J connectivity index is 1.61. The lowest BCUT2D eigenvalue weighted by Gasteiger charge is -2.36. The molecule has 6 nitrogen and oxygen atoms in total. The van der Waals surface area contributed by atoms with Gasteiger partial charge in [0.2, 0.25) is 0 Å². The van der Waals surface area contributed by atoms with E-state index in [0.29, 0.717) is 18.5 Å². The minimum atomic E-state index is -0.815. The lowest BCUT2D eigenvalue weighted by Crippen LogP contribution is -2.50. The summed E-state index contributed by atoms with van der Waals surface area (Å²) in [7, 11) is 2.04. The number of carbonyl (C=O) groups excluding carboxylic acids is 1. The number of amides is 2. The second kappa shape index (κ2) is 6.52. The average Bonchev–Trinajstić information content (AvgIpc) is 2.57. The number of carbonyl (C=O) groups is 1. The molecule has 0 spiro atoms. The number of aromatic nitrogens is 1. The molecule has 3 rings (SSSR count). The molecule has 3 N–H and O–H groups in total. The molecule has 2 amide bonds. The molecule has 0 bridgehead atoms. The van der Waals surface area contributed by atoms with E-state index in [0.717, 1.165) is 24.0 Å². The van der Waals surface area contributed by atoms with E-state index in [1.165, 1.54) is 0 Å². The third-order valence-corrected chi connectivity index (χ3v) is 4.39. The number of urea groups is 1. The molecule has 1 aromatic heterocycles. The molecule has 1 aliphatic heterocycles. The van der Waals surface area contributed by atoms with Crippen LogP contribution in [0.2, 0.25) is 0 Å². The summed E-state index contributed by atoms with van der Waals surface area (Å²) in [6.45, 7) is 1.94. The van der Waals surface area contributed by atoms with Gasteiger partial charge in [-0.3, -0.25) is 4.98 Å². The summed E-state index contributed by atoms with van der Waals surface area (Å²) in [5.74, 6) is 0. The van der Waals surface area contributed by atoms with Crippen LogP contribution in [-0.4, -0.2) is 53.3 Å². The van der Waals surface area contributed by atoms with Gasteiger partial charge in [-0.2, -0.15) is 0 Å². The number of nitrogens with zero attached hydrogens (tertiary/aromatic N) is 2. The summed E-state index contributed by atoms with van der Waals surface area (Å²) < 4.78 is 0. The smallest absolute Gasteiger partial charge is 0.319 e. The fraction of sp³-hybridized carbons (Fsp3) is 0.412. The van der Waals surface area contributed by atoms with Crippen molar-refractivity contribution < 1.29 is 9.90 Å². The first-order valence-electron chi connectivity index (χ1n) is 7.85. The molecule has 2 heterocycles. The number of anilines is 1. The van der Waals surface area contributed by atoms with Crippen molar-refractivity contribution in [3.63, 3.8) is 0 Å². The Kier molecular flexibility index (Phi) is 4.45. The Bertz CT molecular complexity index is 691. The van der Waals surface area contributed by atoms with Crippen LogP contribution in [0, 0.1) is 0 Å². The average molecular weight is 314 g/mol. The number of benzene rings is 1. The number of piperidine rings is 1. The van der Waals surface area contributed by atoms with Gasteiger partial charge in [0.15, 0.2) is 0 Å². The van der Waals surface area contributed by atoms with Gasteiger partial charge >= 0.3 is 6.03 Å². The molecule has 2 aromatic rings. The minimum absolute atomic E-state index is 0.260. The van der Waals surface area contributed by atoms with Crippen LogP contribution in [0.3, 0.4) is 0 Å². The van der Waals surface area contributed by atoms with Crippen LogP contribution in [-0.2, 0) is 0 Å². The molecule has 0 radical (unpaired) electrons. The first kappa shape index (κ1) is 15.7. The lowest BCUT2D eigenvalue weighted by atomic mass is 9.92. The van der Waals surface area contributed by atoms with Crippen LogP contribution in [0.4, 0.5) is 10.5 Å². The van der Waals surface area contributed by atoms with E-state index in [4.69, 9.17) is 0 Å². The zero-order valence-electron chi connectivity index (χ0n) is 13.2. The normalized spacial score (nSPS) is 17.8. The fourth-order valence-electron chi connectivity index (χ4n) is 2.84. The Labute approximate surface area is 135 Å². The predicted octanol–water partition coefficient (Wildman–Crippen LogP) is 1.81. The number of nitrogens with one attached hydrogen (secondary N) is 2. The Hall–Kier alpha value is -2.18. The molecule has 1 saturated heterocycles. The Morgan fingerprint density at radius 2 is 2.09 bits per heavy atom. The number of fused-ring (bicyclic) bond motifs is 1. The van der Waals surface area contributed by atoms with Crippen LogP contribution in [0.15, 0.2) is 36.5 Å². The van der Waals surface area contributed by atoms with Gasteiger partial charge in [-0.25, -0.2) is 4.79 Å². The van der Waals surface area contributed by atoms with Crippen LogP contribution in [0.5, 0.6) is 0 Å². The summed E-state index contributed by atoms with van der Waals surface area (Å²) in [6, 6.07) is 9.05. The summed E-state index contributed by atoms with van der Waals surface area (Å²) in [5.41, 5.74) is 0.729. The SMILES string of the molecule is CN1CCC(O)(CNC(=O)Nc2cccc3ncccc23)CC1. The third-order valence-electron chi connectivity index (χ3n) is 4.39. The lowest BCUT2D eigenvalue weighted by molar-refractivity contribution is -0.0120. The van der Waals surface area contributed by atoms with Crippen molar-refractivity contribution in [1.29, 1.82) is 0 Å². The van der Waals surface area contributed by atoms with Crippen LogP contribution < -0.4 is 10.6 Å². The van der Waals surface area contributed by atoms with Crippen molar-refractivity contribution in [3.05, 3.63) is 36.5 Å².